The van der Waals surface area contributed by atoms with Gasteiger partial charge in [-0.25, -0.2) is 13.2 Å². The van der Waals surface area contributed by atoms with Gasteiger partial charge in [0.05, 0.1) is 11.3 Å². The lowest BCUT2D eigenvalue weighted by atomic mass is 9.84. The van der Waals surface area contributed by atoms with Crippen LogP contribution in [0, 0.1) is 5.92 Å². The number of ether oxygens (including phenoxy) is 1. The fraction of sp³-hybridized carbons (Fsp3) is 0.550. The molecule has 1 aromatic rings. The molecule has 4 nitrogen and oxygen atoms in total. The van der Waals surface area contributed by atoms with Gasteiger partial charge in [0.2, 0.25) is 0 Å². The van der Waals surface area contributed by atoms with E-state index in [1.54, 1.807) is 25.1 Å². The first-order chi connectivity index (χ1) is 12.0. The van der Waals surface area contributed by atoms with Crippen molar-refractivity contribution in [2.24, 2.45) is 5.92 Å². The van der Waals surface area contributed by atoms with Crippen LogP contribution in [0.15, 0.2) is 42.5 Å². The van der Waals surface area contributed by atoms with Crippen LogP contribution in [-0.2, 0) is 14.6 Å². The summed E-state index contributed by atoms with van der Waals surface area (Å²) in [6.07, 6.45) is 9.62. The first kappa shape index (κ1) is 19.7. The molecule has 0 saturated heterocycles. The molecule has 0 aliphatic heterocycles. The van der Waals surface area contributed by atoms with Gasteiger partial charge in [0.15, 0.2) is 9.84 Å². The Kier molecular flexibility index (Phi) is 7.69. The van der Waals surface area contributed by atoms with Crippen LogP contribution in [0.1, 0.15) is 55.8 Å². The van der Waals surface area contributed by atoms with Crippen molar-refractivity contribution < 1.29 is 17.9 Å². The van der Waals surface area contributed by atoms with Crippen molar-refractivity contribution >= 4 is 15.8 Å². The predicted octanol–water partition coefficient (Wildman–Crippen LogP) is 4.17. The van der Waals surface area contributed by atoms with E-state index in [0.29, 0.717) is 17.9 Å². The second kappa shape index (κ2) is 9.76. The second-order valence-electron chi connectivity index (χ2n) is 6.61. The molecule has 0 heterocycles. The van der Waals surface area contributed by atoms with Crippen LogP contribution >= 0.6 is 0 Å². The smallest absolute Gasteiger partial charge is 0.338 e. The van der Waals surface area contributed by atoms with Gasteiger partial charge in [0.25, 0.3) is 0 Å². The maximum absolute atomic E-state index is 12.4. The minimum Gasteiger partial charge on any atom is -0.458 e. The summed E-state index contributed by atoms with van der Waals surface area (Å²) in [5, 5.41) is 0. The van der Waals surface area contributed by atoms with Crippen LogP contribution in [0.3, 0.4) is 0 Å². The van der Waals surface area contributed by atoms with Crippen LogP contribution in [0.4, 0.5) is 0 Å². The fourth-order valence-electron chi connectivity index (χ4n) is 3.19. The van der Waals surface area contributed by atoms with Gasteiger partial charge in [-0.3, -0.25) is 0 Å². The van der Waals surface area contributed by atoms with E-state index in [9.17, 15) is 13.2 Å². The molecule has 0 bridgehead atoms. The van der Waals surface area contributed by atoms with Crippen molar-refractivity contribution in [1.29, 1.82) is 0 Å². The summed E-state index contributed by atoms with van der Waals surface area (Å²) in [5.41, 5.74) is 0.556. The highest BCUT2D eigenvalue weighted by atomic mass is 32.2. The average Bonchev–Trinajstić information content (AvgIpc) is 2.65. The van der Waals surface area contributed by atoms with Gasteiger partial charge in [0.1, 0.15) is 6.10 Å². The number of hydrogen-bond acceptors (Lipinski definition) is 4. The summed E-state index contributed by atoms with van der Waals surface area (Å²) in [6, 6.07) is 9.02. The zero-order valence-electron chi connectivity index (χ0n) is 14.9. The topological polar surface area (TPSA) is 60.4 Å². The third-order valence-corrected chi connectivity index (χ3v) is 6.35. The first-order valence-corrected chi connectivity index (χ1v) is 11.0. The van der Waals surface area contributed by atoms with E-state index in [1.165, 1.54) is 6.42 Å². The first-order valence-electron chi connectivity index (χ1n) is 9.13. The van der Waals surface area contributed by atoms with E-state index in [2.05, 4.69) is 0 Å². The van der Waals surface area contributed by atoms with E-state index in [1.807, 2.05) is 24.3 Å². The summed E-state index contributed by atoms with van der Waals surface area (Å²) < 4.78 is 28.9. The average molecular weight is 365 g/mol. The SMILES string of the molecule is CCS(=O)(=O)C/C=C/CC(OC(=O)c1ccccc1)C1CCCCC1. The number of sulfone groups is 1. The van der Waals surface area contributed by atoms with Gasteiger partial charge in [-0.2, -0.15) is 0 Å². The van der Waals surface area contributed by atoms with Crippen LogP contribution in [0.5, 0.6) is 0 Å². The molecule has 0 radical (unpaired) electrons. The van der Waals surface area contributed by atoms with Crippen molar-refractivity contribution in [1.82, 2.24) is 0 Å². The van der Waals surface area contributed by atoms with E-state index >= 15 is 0 Å². The summed E-state index contributed by atoms with van der Waals surface area (Å²) in [4.78, 5) is 12.4. The molecule has 0 spiro atoms. The largest absolute Gasteiger partial charge is 0.458 e. The normalized spacial score (nSPS) is 17.5. The lowest BCUT2D eigenvalue weighted by Gasteiger charge is -2.29. The van der Waals surface area contributed by atoms with Gasteiger partial charge in [-0.1, -0.05) is 56.5 Å². The highest BCUT2D eigenvalue weighted by molar-refractivity contribution is 7.91. The molecule has 25 heavy (non-hydrogen) atoms. The molecule has 1 saturated carbocycles. The molecule has 1 fully saturated rings. The molecular formula is C20H28O4S. The monoisotopic (exact) mass is 364 g/mol. The zero-order valence-corrected chi connectivity index (χ0v) is 15.7. The molecule has 1 atom stereocenters. The number of benzene rings is 1. The number of carbonyl (C=O) groups is 1. The van der Waals surface area contributed by atoms with Gasteiger partial charge in [-0.05, 0) is 30.9 Å². The molecule has 0 amide bonds. The van der Waals surface area contributed by atoms with Crippen LogP contribution < -0.4 is 0 Å². The van der Waals surface area contributed by atoms with E-state index < -0.39 is 9.84 Å². The Hall–Kier alpha value is -1.62. The maximum Gasteiger partial charge on any atom is 0.338 e. The van der Waals surface area contributed by atoms with Crippen molar-refractivity contribution in [3.8, 4) is 0 Å². The molecule has 1 aliphatic carbocycles. The van der Waals surface area contributed by atoms with E-state index in [4.69, 9.17) is 4.74 Å². The molecule has 0 aromatic heterocycles. The molecule has 1 unspecified atom stereocenters. The number of carbonyl (C=O) groups excluding carboxylic acids is 1. The van der Waals surface area contributed by atoms with Crippen molar-refractivity contribution in [2.75, 3.05) is 11.5 Å². The lowest BCUT2D eigenvalue weighted by molar-refractivity contribution is 0.00877. The minimum atomic E-state index is -3.00. The van der Waals surface area contributed by atoms with Gasteiger partial charge >= 0.3 is 5.97 Å². The van der Waals surface area contributed by atoms with Crippen LogP contribution in [-0.4, -0.2) is 32.0 Å². The Morgan fingerprint density at radius 1 is 1.16 bits per heavy atom. The lowest BCUT2D eigenvalue weighted by Crippen LogP contribution is -2.28. The van der Waals surface area contributed by atoms with Crippen LogP contribution in [0.25, 0.3) is 0 Å². The third-order valence-electron chi connectivity index (χ3n) is 4.77. The Morgan fingerprint density at radius 2 is 1.84 bits per heavy atom. The van der Waals surface area contributed by atoms with Gasteiger partial charge in [0, 0.05) is 12.2 Å². The zero-order chi connectivity index (χ0) is 18.1. The molecule has 1 aliphatic rings. The number of rotatable bonds is 8. The second-order valence-corrected chi connectivity index (χ2v) is 9.01. The predicted molar refractivity (Wildman–Crippen MR) is 100 cm³/mol. The van der Waals surface area contributed by atoms with Gasteiger partial charge < -0.3 is 4.74 Å². The van der Waals surface area contributed by atoms with Crippen LogP contribution in [0.2, 0.25) is 0 Å². The van der Waals surface area contributed by atoms with Crippen molar-refractivity contribution in [3.05, 3.63) is 48.0 Å². The fourth-order valence-corrected chi connectivity index (χ4v) is 3.85. The van der Waals surface area contributed by atoms with E-state index in [-0.39, 0.29) is 23.6 Å². The summed E-state index contributed by atoms with van der Waals surface area (Å²) >= 11 is 0. The number of hydrogen-bond donors (Lipinski definition) is 0. The molecule has 5 heteroatoms. The summed E-state index contributed by atoms with van der Waals surface area (Å²) in [5.74, 6) is 0.250. The molecule has 0 N–H and O–H groups in total. The Labute approximate surface area is 151 Å². The Balaban J connectivity index is 2.00. The molecule has 1 aromatic carbocycles. The summed E-state index contributed by atoms with van der Waals surface area (Å²) in [6.45, 7) is 1.65. The van der Waals surface area contributed by atoms with Crippen molar-refractivity contribution in [3.63, 3.8) is 0 Å². The molecule has 138 valence electrons. The highest BCUT2D eigenvalue weighted by Gasteiger charge is 2.26. The maximum atomic E-state index is 12.4. The Bertz CT molecular complexity index is 658. The van der Waals surface area contributed by atoms with E-state index in [0.717, 1.165) is 25.7 Å². The molecule has 2 rings (SSSR count). The minimum absolute atomic E-state index is 0.0491. The standard InChI is InChI=1S/C20H28O4S/c1-2-25(22,23)16-10-9-15-19(17-11-5-3-6-12-17)24-20(21)18-13-7-4-8-14-18/h4,7-10,13-14,17,19H,2-3,5-6,11-12,15-16H2,1H3/b10-9+. The van der Waals surface area contributed by atoms with Crippen molar-refractivity contribution in [2.45, 2.75) is 51.6 Å². The van der Waals surface area contributed by atoms with Gasteiger partial charge in [-0.15, -0.1) is 0 Å². The third kappa shape index (κ3) is 6.65. The summed E-state index contributed by atoms with van der Waals surface area (Å²) in [7, 11) is -3.00. The molecular weight excluding hydrogens is 336 g/mol. The highest BCUT2D eigenvalue weighted by Crippen LogP contribution is 2.30. The quantitative estimate of drug-likeness (QED) is 0.513. The Morgan fingerprint density at radius 3 is 2.48 bits per heavy atom. The number of esters is 1.